The third-order valence-electron chi connectivity index (χ3n) is 3.79. The van der Waals surface area contributed by atoms with E-state index < -0.39 is 0 Å². The molecule has 1 fully saturated rings. The largest absolute Gasteiger partial charge is 0.382 e. The highest BCUT2D eigenvalue weighted by Gasteiger charge is 2.29. The van der Waals surface area contributed by atoms with E-state index in [2.05, 4.69) is 13.8 Å². The van der Waals surface area contributed by atoms with Crippen LogP contribution in [0.3, 0.4) is 0 Å². The van der Waals surface area contributed by atoms with Gasteiger partial charge in [-0.2, -0.15) is 0 Å². The van der Waals surface area contributed by atoms with E-state index in [4.69, 9.17) is 4.74 Å². The lowest BCUT2D eigenvalue weighted by Crippen LogP contribution is -2.27. The first-order valence-corrected chi connectivity index (χ1v) is 6.75. The molecule has 0 N–H and O–H groups in total. The van der Waals surface area contributed by atoms with E-state index in [1.165, 1.54) is 0 Å². The Labute approximate surface area is 99.8 Å². The van der Waals surface area contributed by atoms with Gasteiger partial charge in [-0.15, -0.1) is 0 Å². The fraction of sp³-hybridized carbons (Fsp3) is 0.929. The molecule has 94 valence electrons. The summed E-state index contributed by atoms with van der Waals surface area (Å²) >= 11 is 0. The van der Waals surface area contributed by atoms with Gasteiger partial charge in [0.2, 0.25) is 0 Å². The molecule has 2 heteroatoms. The monoisotopic (exact) mass is 226 g/mol. The maximum Gasteiger partial charge on any atom is 0.135 e. The summed E-state index contributed by atoms with van der Waals surface area (Å²) in [6.07, 6.45) is 5.10. The van der Waals surface area contributed by atoms with Gasteiger partial charge in [0, 0.05) is 25.6 Å². The van der Waals surface area contributed by atoms with Gasteiger partial charge in [-0.3, -0.25) is 4.79 Å². The second-order valence-corrected chi connectivity index (χ2v) is 5.28. The van der Waals surface area contributed by atoms with Crippen LogP contribution in [0.25, 0.3) is 0 Å². The first kappa shape index (κ1) is 13.7. The van der Waals surface area contributed by atoms with Crippen molar-refractivity contribution < 1.29 is 9.53 Å². The van der Waals surface area contributed by atoms with E-state index in [0.717, 1.165) is 57.2 Å². The van der Waals surface area contributed by atoms with Crippen molar-refractivity contribution in [2.45, 2.75) is 52.9 Å². The van der Waals surface area contributed by atoms with Crippen LogP contribution < -0.4 is 0 Å². The topological polar surface area (TPSA) is 26.3 Å². The molecule has 0 aromatic heterocycles. The second-order valence-electron chi connectivity index (χ2n) is 5.28. The van der Waals surface area contributed by atoms with Gasteiger partial charge >= 0.3 is 0 Å². The van der Waals surface area contributed by atoms with Crippen LogP contribution in [0.2, 0.25) is 0 Å². The first-order valence-electron chi connectivity index (χ1n) is 6.75. The van der Waals surface area contributed by atoms with Crippen LogP contribution in [-0.2, 0) is 9.53 Å². The highest BCUT2D eigenvalue weighted by atomic mass is 16.5. The molecule has 1 aliphatic carbocycles. The average molecular weight is 226 g/mol. The van der Waals surface area contributed by atoms with Crippen molar-refractivity contribution in [2.24, 2.45) is 17.8 Å². The predicted molar refractivity (Wildman–Crippen MR) is 66.4 cm³/mol. The molecular weight excluding hydrogens is 200 g/mol. The Morgan fingerprint density at radius 1 is 1.44 bits per heavy atom. The highest BCUT2D eigenvalue weighted by molar-refractivity contribution is 5.81. The molecular formula is C14H26O2. The Bertz CT molecular complexity index is 211. The molecule has 2 unspecified atom stereocenters. The molecule has 0 bridgehead atoms. The van der Waals surface area contributed by atoms with Gasteiger partial charge in [0.25, 0.3) is 0 Å². The number of carbonyl (C=O) groups excluding carboxylic acids is 1. The molecule has 16 heavy (non-hydrogen) atoms. The minimum absolute atomic E-state index is 0.321. The second kappa shape index (κ2) is 7.05. The number of rotatable bonds is 6. The number of Topliss-reactive ketones (excluding diaryl/α,β-unsaturated/α-hetero) is 1. The quantitative estimate of drug-likeness (QED) is 0.648. The fourth-order valence-corrected chi connectivity index (χ4v) is 2.61. The van der Waals surface area contributed by atoms with E-state index in [1.54, 1.807) is 0 Å². The van der Waals surface area contributed by atoms with Gasteiger partial charge in [-0.05, 0) is 44.4 Å². The lowest BCUT2D eigenvalue weighted by Gasteiger charge is -2.30. The summed E-state index contributed by atoms with van der Waals surface area (Å²) in [6, 6.07) is 0. The van der Waals surface area contributed by atoms with Crippen LogP contribution in [0.4, 0.5) is 0 Å². The van der Waals surface area contributed by atoms with E-state index in [1.807, 2.05) is 6.92 Å². The fourth-order valence-electron chi connectivity index (χ4n) is 2.61. The van der Waals surface area contributed by atoms with Gasteiger partial charge in [-0.1, -0.05) is 13.8 Å². The number of hydrogen-bond donors (Lipinski definition) is 0. The summed E-state index contributed by atoms with van der Waals surface area (Å²) < 4.78 is 5.32. The van der Waals surface area contributed by atoms with Gasteiger partial charge in [0.05, 0.1) is 0 Å². The normalized spacial score (nSPS) is 26.4. The SMILES string of the molecule is CCOCCCC1CC(C(C)C)CCC1=O. The Balaban J connectivity index is 2.29. The van der Waals surface area contributed by atoms with Gasteiger partial charge < -0.3 is 4.74 Å². The van der Waals surface area contributed by atoms with Crippen LogP contribution in [0.15, 0.2) is 0 Å². The first-order chi connectivity index (χ1) is 7.65. The summed E-state index contributed by atoms with van der Waals surface area (Å²) in [4.78, 5) is 11.8. The Kier molecular flexibility index (Phi) is 6.04. The lowest BCUT2D eigenvalue weighted by atomic mass is 9.74. The number of ether oxygens (including phenoxy) is 1. The Hall–Kier alpha value is -0.370. The summed E-state index contributed by atoms with van der Waals surface area (Å²) in [6.45, 7) is 8.16. The molecule has 1 saturated carbocycles. The minimum atomic E-state index is 0.321. The van der Waals surface area contributed by atoms with Crippen molar-refractivity contribution in [2.75, 3.05) is 13.2 Å². The van der Waals surface area contributed by atoms with E-state index in [-0.39, 0.29) is 0 Å². The molecule has 0 spiro atoms. The molecule has 0 amide bonds. The van der Waals surface area contributed by atoms with Gasteiger partial charge in [-0.25, -0.2) is 0 Å². The van der Waals surface area contributed by atoms with Crippen LogP contribution in [0.1, 0.15) is 52.9 Å². The molecule has 2 atom stereocenters. The molecule has 0 heterocycles. The third-order valence-corrected chi connectivity index (χ3v) is 3.79. The molecule has 2 nitrogen and oxygen atoms in total. The zero-order valence-corrected chi connectivity index (χ0v) is 11.0. The summed E-state index contributed by atoms with van der Waals surface area (Å²) in [5.74, 6) is 2.30. The van der Waals surface area contributed by atoms with Crippen LogP contribution in [-0.4, -0.2) is 19.0 Å². The van der Waals surface area contributed by atoms with Gasteiger partial charge in [0.15, 0.2) is 0 Å². The Morgan fingerprint density at radius 2 is 2.19 bits per heavy atom. The zero-order chi connectivity index (χ0) is 12.0. The smallest absolute Gasteiger partial charge is 0.135 e. The Morgan fingerprint density at radius 3 is 2.81 bits per heavy atom. The summed E-state index contributed by atoms with van der Waals surface area (Å²) in [5, 5.41) is 0. The molecule has 0 radical (unpaired) electrons. The van der Waals surface area contributed by atoms with Gasteiger partial charge in [0.1, 0.15) is 5.78 Å². The van der Waals surface area contributed by atoms with E-state index >= 15 is 0 Å². The molecule has 1 rings (SSSR count). The van der Waals surface area contributed by atoms with Crippen molar-refractivity contribution in [3.05, 3.63) is 0 Å². The molecule has 0 aromatic carbocycles. The lowest BCUT2D eigenvalue weighted by molar-refractivity contribution is -0.126. The maximum atomic E-state index is 11.8. The number of ketones is 1. The van der Waals surface area contributed by atoms with Crippen molar-refractivity contribution in [3.8, 4) is 0 Å². The third kappa shape index (κ3) is 4.25. The zero-order valence-electron chi connectivity index (χ0n) is 11.0. The molecule has 0 saturated heterocycles. The number of carbonyl (C=O) groups is 1. The van der Waals surface area contributed by atoms with E-state index in [0.29, 0.717) is 11.7 Å². The average Bonchev–Trinajstić information content (AvgIpc) is 2.26. The number of hydrogen-bond acceptors (Lipinski definition) is 2. The van der Waals surface area contributed by atoms with E-state index in [9.17, 15) is 4.79 Å². The van der Waals surface area contributed by atoms with Crippen LogP contribution >= 0.6 is 0 Å². The van der Waals surface area contributed by atoms with Crippen molar-refractivity contribution in [1.82, 2.24) is 0 Å². The predicted octanol–water partition coefficient (Wildman–Crippen LogP) is 3.44. The molecule has 1 aliphatic rings. The van der Waals surface area contributed by atoms with Crippen molar-refractivity contribution in [1.29, 1.82) is 0 Å². The standard InChI is InChI=1S/C14H26O2/c1-4-16-9-5-6-13-10-12(11(2)3)7-8-14(13)15/h11-13H,4-10H2,1-3H3. The highest BCUT2D eigenvalue weighted by Crippen LogP contribution is 2.33. The van der Waals surface area contributed by atoms with Crippen molar-refractivity contribution in [3.63, 3.8) is 0 Å². The molecule has 0 aliphatic heterocycles. The van der Waals surface area contributed by atoms with Crippen molar-refractivity contribution >= 4 is 5.78 Å². The minimum Gasteiger partial charge on any atom is -0.382 e. The summed E-state index contributed by atoms with van der Waals surface area (Å²) in [7, 11) is 0. The maximum absolute atomic E-state index is 11.8. The summed E-state index contributed by atoms with van der Waals surface area (Å²) in [5.41, 5.74) is 0. The van der Waals surface area contributed by atoms with Crippen LogP contribution in [0.5, 0.6) is 0 Å². The van der Waals surface area contributed by atoms with Crippen LogP contribution in [0, 0.1) is 17.8 Å². The molecule has 0 aromatic rings.